The van der Waals surface area contributed by atoms with E-state index in [0.717, 1.165) is 18.5 Å². The molecule has 1 aromatic rings. The number of aliphatic hydroxyl groups is 1. The molecular formula is C8H10N2O. The van der Waals surface area contributed by atoms with Gasteiger partial charge in [0.05, 0.1) is 11.4 Å². The number of aryl methyl sites for hydroxylation is 1. The summed E-state index contributed by atoms with van der Waals surface area (Å²) >= 11 is 0. The van der Waals surface area contributed by atoms with Gasteiger partial charge in [0.25, 0.3) is 0 Å². The molecule has 1 aromatic heterocycles. The van der Waals surface area contributed by atoms with E-state index in [4.69, 9.17) is 0 Å². The predicted octanol–water partition coefficient (Wildman–Crippen LogP) is 0.766. The maximum absolute atomic E-state index is 9.59. The maximum Gasteiger partial charge on any atom is 0.109 e. The standard InChI is InChI=1S/C8H10N2O/c1-6-2-3-7(10-9-6)8(11)4-5-8/h2-3,11H,4-5H2,1H3. The predicted molar refractivity (Wildman–Crippen MR) is 39.9 cm³/mol. The molecule has 1 N–H and O–H groups in total. The first-order valence-electron chi connectivity index (χ1n) is 3.74. The summed E-state index contributed by atoms with van der Waals surface area (Å²) in [5.74, 6) is 0. The monoisotopic (exact) mass is 150 g/mol. The molecule has 0 bridgehead atoms. The van der Waals surface area contributed by atoms with Crippen molar-refractivity contribution in [3.8, 4) is 0 Å². The highest BCUT2D eigenvalue weighted by molar-refractivity contribution is 5.18. The normalized spacial score (nSPS) is 19.8. The van der Waals surface area contributed by atoms with Gasteiger partial charge in [-0.25, -0.2) is 0 Å². The van der Waals surface area contributed by atoms with Gasteiger partial charge in [-0.1, -0.05) is 0 Å². The lowest BCUT2D eigenvalue weighted by molar-refractivity contribution is 0.145. The third kappa shape index (κ3) is 1.12. The van der Waals surface area contributed by atoms with Crippen LogP contribution < -0.4 is 0 Å². The Morgan fingerprint density at radius 2 is 2.09 bits per heavy atom. The Morgan fingerprint density at radius 3 is 2.55 bits per heavy atom. The molecule has 0 amide bonds. The average molecular weight is 150 g/mol. The van der Waals surface area contributed by atoms with Crippen LogP contribution in [0.5, 0.6) is 0 Å². The van der Waals surface area contributed by atoms with Crippen LogP contribution in [0.15, 0.2) is 12.1 Å². The van der Waals surface area contributed by atoms with E-state index < -0.39 is 5.60 Å². The van der Waals surface area contributed by atoms with E-state index in [1.54, 1.807) is 0 Å². The molecule has 58 valence electrons. The molecule has 1 saturated carbocycles. The zero-order chi connectivity index (χ0) is 7.90. The van der Waals surface area contributed by atoms with Crippen molar-refractivity contribution in [3.05, 3.63) is 23.5 Å². The second-order valence-corrected chi connectivity index (χ2v) is 3.09. The van der Waals surface area contributed by atoms with Crippen molar-refractivity contribution < 1.29 is 5.11 Å². The minimum absolute atomic E-state index is 0.638. The highest BCUT2D eigenvalue weighted by atomic mass is 16.3. The molecule has 1 aliphatic carbocycles. The third-order valence-electron chi connectivity index (χ3n) is 2.00. The molecule has 0 radical (unpaired) electrons. The topological polar surface area (TPSA) is 46.0 Å². The lowest BCUT2D eigenvalue weighted by atomic mass is 10.2. The van der Waals surface area contributed by atoms with E-state index in [2.05, 4.69) is 10.2 Å². The van der Waals surface area contributed by atoms with Crippen molar-refractivity contribution >= 4 is 0 Å². The Kier molecular flexibility index (Phi) is 1.23. The van der Waals surface area contributed by atoms with Gasteiger partial charge in [0, 0.05) is 0 Å². The fourth-order valence-electron chi connectivity index (χ4n) is 1.02. The van der Waals surface area contributed by atoms with Crippen LogP contribution >= 0.6 is 0 Å². The van der Waals surface area contributed by atoms with Crippen LogP contribution in [-0.4, -0.2) is 15.3 Å². The number of rotatable bonds is 1. The molecule has 11 heavy (non-hydrogen) atoms. The first kappa shape index (κ1) is 6.73. The van der Waals surface area contributed by atoms with Gasteiger partial charge in [0.1, 0.15) is 5.60 Å². The van der Waals surface area contributed by atoms with Gasteiger partial charge in [-0.05, 0) is 31.9 Å². The molecule has 1 heterocycles. The number of nitrogens with zero attached hydrogens (tertiary/aromatic N) is 2. The summed E-state index contributed by atoms with van der Waals surface area (Å²) in [7, 11) is 0. The van der Waals surface area contributed by atoms with Crippen LogP contribution in [-0.2, 0) is 5.60 Å². The summed E-state index contributed by atoms with van der Waals surface area (Å²) in [4.78, 5) is 0. The molecule has 2 rings (SSSR count). The second kappa shape index (κ2) is 2.01. The van der Waals surface area contributed by atoms with Gasteiger partial charge in [-0.3, -0.25) is 0 Å². The number of hydrogen-bond acceptors (Lipinski definition) is 3. The van der Waals surface area contributed by atoms with E-state index in [-0.39, 0.29) is 0 Å². The summed E-state index contributed by atoms with van der Waals surface area (Å²) < 4.78 is 0. The SMILES string of the molecule is Cc1ccc(C2(O)CC2)nn1. The highest BCUT2D eigenvalue weighted by Gasteiger charge is 2.43. The first-order valence-corrected chi connectivity index (χ1v) is 3.74. The summed E-state index contributed by atoms with van der Waals surface area (Å²) in [6, 6.07) is 3.72. The fraction of sp³-hybridized carbons (Fsp3) is 0.500. The number of hydrogen-bond donors (Lipinski definition) is 1. The lowest BCUT2D eigenvalue weighted by Gasteiger charge is -2.04. The fourth-order valence-corrected chi connectivity index (χ4v) is 1.02. The first-order chi connectivity index (χ1) is 5.21. The van der Waals surface area contributed by atoms with Crippen LogP contribution in [0.25, 0.3) is 0 Å². The van der Waals surface area contributed by atoms with Crippen LogP contribution in [0.1, 0.15) is 24.2 Å². The van der Waals surface area contributed by atoms with Crippen LogP contribution in [0.4, 0.5) is 0 Å². The van der Waals surface area contributed by atoms with Crippen molar-refractivity contribution in [2.45, 2.75) is 25.4 Å². The van der Waals surface area contributed by atoms with Crippen molar-refractivity contribution in [2.24, 2.45) is 0 Å². The van der Waals surface area contributed by atoms with Crippen molar-refractivity contribution in [2.75, 3.05) is 0 Å². The summed E-state index contributed by atoms with van der Waals surface area (Å²) in [5.41, 5.74) is 0.960. The molecule has 1 fully saturated rings. The minimum atomic E-state index is -0.638. The van der Waals surface area contributed by atoms with E-state index >= 15 is 0 Å². The molecule has 3 heteroatoms. The van der Waals surface area contributed by atoms with Gasteiger partial charge in [0.15, 0.2) is 0 Å². The Labute approximate surface area is 65.1 Å². The summed E-state index contributed by atoms with van der Waals surface area (Å²) in [6.07, 6.45) is 1.65. The molecular weight excluding hydrogens is 140 g/mol. The lowest BCUT2D eigenvalue weighted by Crippen LogP contribution is -2.08. The third-order valence-corrected chi connectivity index (χ3v) is 2.00. The zero-order valence-electron chi connectivity index (χ0n) is 6.41. The van der Waals surface area contributed by atoms with Gasteiger partial charge in [-0.15, -0.1) is 0 Å². The van der Waals surface area contributed by atoms with Crippen LogP contribution in [0.3, 0.4) is 0 Å². The van der Waals surface area contributed by atoms with Crippen molar-refractivity contribution in [1.29, 1.82) is 0 Å². The Hall–Kier alpha value is -0.960. The Bertz CT molecular complexity index is 264. The van der Waals surface area contributed by atoms with Crippen LogP contribution in [0, 0.1) is 6.92 Å². The largest absolute Gasteiger partial charge is 0.383 e. The molecule has 1 aliphatic rings. The van der Waals surface area contributed by atoms with E-state index in [0.29, 0.717) is 5.69 Å². The summed E-state index contributed by atoms with van der Waals surface area (Å²) in [6.45, 7) is 1.88. The molecule has 0 aromatic carbocycles. The Morgan fingerprint density at radius 1 is 1.36 bits per heavy atom. The maximum atomic E-state index is 9.59. The Balaban J connectivity index is 2.33. The van der Waals surface area contributed by atoms with Gasteiger partial charge in [-0.2, -0.15) is 10.2 Å². The summed E-state index contributed by atoms with van der Waals surface area (Å²) in [5, 5.41) is 17.4. The van der Waals surface area contributed by atoms with E-state index in [9.17, 15) is 5.11 Å². The van der Waals surface area contributed by atoms with Gasteiger partial charge < -0.3 is 5.11 Å². The average Bonchev–Trinajstić information content (AvgIpc) is 2.70. The van der Waals surface area contributed by atoms with Crippen molar-refractivity contribution in [3.63, 3.8) is 0 Å². The molecule has 0 spiro atoms. The highest BCUT2D eigenvalue weighted by Crippen LogP contribution is 2.43. The van der Waals surface area contributed by atoms with Gasteiger partial charge >= 0.3 is 0 Å². The molecule has 0 saturated heterocycles. The van der Waals surface area contributed by atoms with E-state index in [1.165, 1.54) is 0 Å². The van der Waals surface area contributed by atoms with Crippen molar-refractivity contribution in [1.82, 2.24) is 10.2 Å². The molecule has 0 unspecified atom stereocenters. The number of aromatic nitrogens is 2. The van der Waals surface area contributed by atoms with Gasteiger partial charge in [0.2, 0.25) is 0 Å². The minimum Gasteiger partial charge on any atom is -0.383 e. The second-order valence-electron chi connectivity index (χ2n) is 3.09. The zero-order valence-corrected chi connectivity index (χ0v) is 6.41. The van der Waals surface area contributed by atoms with E-state index in [1.807, 2.05) is 19.1 Å². The molecule has 3 nitrogen and oxygen atoms in total. The van der Waals surface area contributed by atoms with Crippen LogP contribution in [0.2, 0.25) is 0 Å². The smallest absolute Gasteiger partial charge is 0.109 e. The quantitative estimate of drug-likeness (QED) is 0.643. The molecule has 0 aliphatic heterocycles. The molecule has 0 atom stereocenters.